The summed E-state index contributed by atoms with van der Waals surface area (Å²) in [6.45, 7) is 5.39. The minimum atomic E-state index is -3.41. The van der Waals surface area contributed by atoms with E-state index in [-0.39, 0.29) is 22.5 Å². The predicted octanol–water partition coefficient (Wildman–Crippen LogP) is 3.64. The van der Waals surface area contributed by atoms with E-state index in [0.717, 1.165) is 6.26 Å². The second kappa shape index (κ2) is 8.79. The number of halogens is 1. The lowest BCUT2D eigenvalue weighted by molar-refractivity contribution is 0.0469. The van der Waals surface area contributed by atoms with Crippen LogP contribution >= 0.6 is 0 Å². The molecule has 0 spiro atoms. The topological polar surface area (TPSA) is 116 Å². The minimum absolute atomic E-state index is 0.0727. The number of aromatic nitrogens is 4. The van der Waals surface area contributed by atoms with Crippen molar-refractivity contribution in [1.29, 1.82) is 0 Å². The zero-order valence-corrected chi connectivity index (χ0v) is 20.1. The number of rotatable bonds is 5. The maximum absolute atomic E-state index is 14.8. The average Bonchev–Trinajstić information content (AvgIpc) is 3.13. The van der Waals surface area contributed by atoms with E-state index in [1.807, 2.05) is 0 Å². The molecule has 1 amide bonds. The van der Waals surface area contributed by atoms with Crippen LogP contribution in [0.3, 0.4) is 0 Å². The number of nitrogens with one attached hydrogen (secondary N) is 1. The first-order valence-corrected chi connectivity index (χ1v) is 12.7. The molecule has 0 radical (unpaired) electrons. The number of ether oxygens (including phenoxy) is 1. The van der Waals surface area contributed by atoms with Gasteiger partial charge in [0, 0.05) is 24.4 Å². The summed E-state index contributed by atoms with van der Waals surface area (Å²) in [7, 11) is -3.41. The van der Waals surface area contributed by atoms with E-state index in [1.165, 1.54) is 24.4 Å². The normalized spacial score (nSPS) is 18.3. The third kappa shape index (κ3) is 5.09. The van der Waals surface area contributed by atoms with E-state index in [4.69, 9.17) is 4.74 Å². The first kappa shape index (κ1) is 23.8. The summed E-state index contributed by atoms with van der Waals surface area (Å²) in [6.07, 6.45) is 3.04. The Balaban J connectivity index is 1.63. The van der Waals surface area contributed by atoms with Crippen LogP contribution in [0.15, 0.2) is 47.5 Å². The molecule has 3 aromatic rings. The molecule has 1 saturated carbocycles. The molecule has 11 heteroatoms. The van der Waals surface area contributed by atoms with Crippen LogP contribution < -0.4 is 5.32 Å². The molecule has 2 heterocycles. The molecule has 1 aliphatic rings. The summed E-state index contributed by atoms with van der Waals surface area (Å²) in [5, 5.41) is 11.4. The highest BCUT2D eigenvalue weighted by Gasteiger charge is 2.37. The van der Waals surface area contributed by atoms with Gasteiger partial charge < -0.3 is 10.1 Å². The quantitative estimate of drug-likeness (QED) is 0.584. The number of alkyl carbamates (subject to hydrolysis) is 1. The number of amides is 1. The molecule has 0 bridgehead atoms. The summed E-state index contributed by atoms with van der Waals surface area (Å²) in [5.74, 6) is 0.302. The number of hydrogen-bond donors (Lipinski definition) is 1. The Hall–Kier alpha value is -3.34. The zero-order chi connectivity index (χ0) is 24.7. The van der Waals surface area contributed by atoms with Crippen molar-refractivity contribution in [3.05, 3.63) is 54.2 Å². The van der Waals surface area contributed by atoms with Crippen molar-refractivity contribution in [3.8, 4) is 17.2 Å². The Morgan fingerprint density at radius 3 is 2.44 bits per heavy atom. The zero-order valence-electron chi connectivity index (χ0n) is 19.3. The number of hydrogen-bond acceptors (Lipinski definition) is 7. The lowest BCUT2D eigenvalue weighted by Gasteiger charge is -2.35. The maximum atomic E-state index is 14.8. The van der Waals surface area contributed by atoms with Crippen LogP contribution in [-0.4, -0.2) is 52.2 Å². The van der Waals surface area contributed by atoms with Crippen molar-refractivity contribution in [3.63, 3.8) is 0 Å². The van der Waals surface area contributed by atoms with Crippen molar-refractivity contribution in [2.45, 2.75) is 56.1 Å². The van der Waals surface area contributed by atoms with Gasteiger partial charge in [0.05, 0.1) is 10.6 Å². The molecule has 1 fully saturated rings. The van der Waals surface area contributed by atoms with Crippen LogP contribution in [0.25, 0.3) is 17.2 Å². The minimum Gasteiger partial charge on any atom is -0.444 e. The summed E-state index contributed by atoms with van der Waals surface area (Å²) < 4.78 is 45.3. The molecule has 0 aliphatic heterocycles. The fourth-order valence-electron chi connectivity index (χ4n) is 3.75. The van der Waals surface area contributed by atoms with Gasteiger partial charge >= 0.3 is 6.09 Å². The molecule has 180 valence electrons. The Kier molecular flexibility index (Phi) is 6.15. The number of para-hydroxylation sites is 1. The van der Waals surface area contributed by atoms with Gasteiger partial charge in [0.25, 0.3) is 0 Å². The molecule has 1 aromatic carbocycles. The van der Waals surface area contributed by atoms with Crippen molar-refractivity contribution in [2.75, 3.05) is 6.26 Å². The second-order valence-electron chi connectivity index (χ2n) is 9.33. The van der Waals surface area contributed by atoms with Crippen LogP contribution in [0.4, 0.5) is 9.18 Å². The van der Waals surface area contributed by atoms with Crippen molar-refractivity contribution < 1.29 is 22.3 Å². The maximum Gasteiger partial charge on any atom is 0.407 e. The Labute approximate surface area is 197 Å². The third-order valence-electron chi connectivity index (χ3n) is 5.40. The Morgan fingerprint density at radius 2 is 1.85 bits per heavy atom. The molecule has 0 atom stereocenters. The molecular weight excluding hydrogens is 461 g/mol. The van der Waals surface area contributed by atoms with Gasteiger partial charge in [-0.25, -0.2) is 17.6 Å². The van der Waals surface area contributed by atoms with Gasteiger partial charge in [-0.15, -0.1) is 10.2 Å². The number of benzene rings is 1. The van der Waals surface area contributed by atoms with E-state index >= 15 is 0 Å². The lowest BCUT2D eigenvalue weighted by Crippen LogP contribution is -2.45. The van der Waals surface area contributed by atoms with Crippen molar-refractivity contribution in [2.24, 2.45) is 0 Å². The van der Waals surface area contributed by atoms with Gasteiger partial charge in [-0.3, -0.25) is 9.55 Å². The van der Waals surface area contributed by atoms with Crippen LogP contribution in [0.1, 0.15) is 45.4 Å². The van der Waals surface area contributed by atoms with Crippen molar-refractivity contribution >= 4 is 15.9 Å². The fourth-order valence-corrected chi connectivity index (χ4v) is 4.31. The smallest absolute Gasteiger partial charge is 0.407 e. The Morgan fingerprint density at radius 1 is 1.15 bits per heavy atom. The molecule has 9 nitrogen and oxygen atoms in total. The van der Waals surface area contributed by atoms with Gasteiger partial charge in [-0.05, 0) is 57.9 Å². The van der Waals surface area contributed by atoms with E-state index < -0.39 is 27.3 Å². The van der Waals surface area contributed by atoms with Crippen LogP contribution in [0.2, 0.25) is 0 Å². The molecular formula is C23H26FN5O4S. The van der Waals surface area contributed by atoms with E-state index in [2.05, 4.69) is 20.5 Å². The number of nitrogens with zero attached hydrogens (tertiary/aromatic N) is 4. The first-order chi connectivity index (χ1) is 15.9. The number of carbonyl (C=O) groups is 1. The highest BCUT2D eigenvalue weighted by atomic mass is 32.2. The molecule has 4 rings (SSSR count). The second-order valence-corrected chi connectivity index (χ2v) is 11.3. The fraction of sp³-hybridized carbons (Fsp3) is 0.391. The van der Waals surface area contributed by atoms with E-state index in [0.29, 0.717) is 30.2 Å². The van der Waals surface area contributed by atoms with Gasteiger partial charge in [-0.2, -0.15) is 0 Å². The van der Waals surface area contributed by atoms with Crippen LogP contribution in [0.5, 0.6) is 0 Å². The van der Waals surface area contributed by atoms with Gasteiger partial charge in [-0.1, -0.05) is 12.1 Å². The van der Waals surface area contributed by atoms with Gasteiger partial charge in [0.1, 0.15) is 22.9 Å². The highest BCUT2D eigenvalue weighted by Crippen LogP contribution is 2.39. The number of pyridine rings is 1. The summed E-state index contributed by atoms with van der Waals surface area (Å²) in [5.41, 5.74) is 0.0273. The third-order valence-corrected chi connectivity index (χ3v) is 6.50. The summed E-state index contributed by atoms with van der Waals surface area (Å²) in [6, 6.07) is 9.12. The summed E-state index contributed by atoms with van der Waals surface area (Å²) >= 11 is 0. The lowest BCUT2D eigenvalue weighted by atomic mass is 9.79. The molecule has 1 N–H and O–H groups in total. The largest absolute Gasteiger partial charge is 0.444 e. The van der Waals surface area contributed by atoms with E-state index in [1.54, 1.807) is 43.5 Å². The standard InChI is InChI=1S/C23H26FN5O4S/c1-23(2,3)33-22(30)26-15-11-14(12-15)20-27-28-21(29(20)19-8-6-5-7-17(19)24)18-10-9-16(13-25-18)34(4,31)32/h5-10,13-15H,11-12H2,1-4H3,(H,26,30). The first-order valence-electron chi connectivity index (χ1n) is 10.8. The molecule has 0 unspecified atom stereocenters. The molecule has 0 saturated heterocycles. The van der Waals surface area contributed by atoms with Gasteiger partial charge in [0.2, 0.25) is 0 Å². The van der Waals surface area contributed by atoms with E-state index in [9.17, 15) is 17.6 Å². The van der Waals surface area contributed by atoms with Gasteiger partial charge in [0.15, 0.2) is 15.7 Å². The molecule has 2 aromatic heterocycles. The molecule has 1 aliphatic carbocycles. The highest BCUT2D eigenvalue weighted by molar-refractivity contribution is 7.90. The monoisotopic (exact) mass is 487 g/mol. The van der Waals surface area contributed by atoms with Crippen LogP contribution in [0, 0.1) is 5.82 Å². The van der Waals surface area contributed by atoms with Crippen LogP contribution in [-0.2, 0) is 14.6 Å². The summed E-state index contributed by atoms with van der Waals surface area (Å²) in [4.78, 5) is 16.4. The SMILES string of the molecule is CC(C)(C)OC(=O)NC1CC(c2nnc(-c3ccc(S(C)(=O)=O)cn3)n2-c2ccccc2F)C1. The number of carbonyl (C=O) groups excluding carboxylic acids is 1. The Bertz CT molecular complexity index is 1310. The molecule has 34 heavy (non-hydrogen) atoms. The number of sulfone groups is 1. The average molecular weight is 488 g/mol. The van der Waals surface area contributed by atoms with Crippen molar-refractivity contribution in [1.82, 2.24) is 25.1 Å². The predicted molar refractivity (Wildman–Crippen MR) is 123 cm³/mol.